The Morgan fingerprint density at radius 2 is 1.68 bits per heavy atom. The largest absolute Gasteiger partial charge is 0.345 e. The molecule has 2 rings (SSSR count). The molecule has 0 amide bonds. The highest BCUT2D eigenvalue weighted by Crippen LogP contribution is 2.30. The van der Waals surface area contributed by atoms with Crippen LogP contribution in [-0.4, -0.2) is 7.05 Å². The average Bonchev–Trinajstić information content (AvgIpc) is 2.38. The maximum Gasteiger partial charge on any atom is 0.123 e. The van der Waals surface area contributed by atoms with Crippen molar-refractivity contribution >= 4 is 23.0 Å². The minimum Gasteiger partial charge on any atom is -0.345 e. The summed E-state index contributed by atoms with van der Waals surface area (Å²) in [5, 5.41) is 0.640. The summed E-state index contributed by atoms with van der Waals surface area (Å²) < 4.78 is 12.9. The number of hydrogen-bond donors (Lipinski definition) is 1. The number of nitrogens with two attached hydrogens (primary N) is 1. The molecule has 0 spiro atoms. The molecule has 2 aromatic rings. The quantitative estimate of drug-likeness (QED) is 0.909. The molecule has 1 atom stereocenters. The van der Waals surface area contributed by atoms with E-state index in [0.717, 1.165) is 16.9 Å². The van der Waals surface area contributed by atoms with Gasteiger partial charge < -0.3 is 10.6 Å². The van der Waals surface area contributed by atoms with Crippen LogP contribution < -0.4 is 10.6 Å². The molecule has 2 N–H and O–H groups in total. The van der Waals surface area contributed by atoms with Crippen LogP contribution in [0.3, 0.4) is 0 Å². The van der Waals surface area contributed by atoms with Crippen LogP contribution in [-0.2, 0) is 0 Å². The van der Waals surface area contributed by atoms with Crippen LogP contribution in [0.25, 0.3) is 0 Å². The number of rotatable bonds is 3. The Kier molecular flexibility index (Phi) is 4.08. The van der Waals surface area contributed by atoms with Gasteiger partial charge in [-0.15, -0.1) is 0 Å². The smallest absolute Gasteiger partial charge is 0.123 e. The number of benzene rings is 2. The lowest BCUT2D eigenvalue weighted by Crippen LogP contribution is -2.11. The fraction of sp³-hybridized carbons (Fsp3) is 0.200. The second-order valence-corrected chi connectivity index (χ2v) is 4.94. The average molecular weight is 279 g/mol. The van der Waals surface area contributed by atoms with E-state index >= 15 is 0 Å². The summed E-state index contributed by atoms with van der Waals surface area (Å²) in [7, 11) is 1.91. The molecule has 19 heavy (non-hydrogen) atoms. The number of anilines is 2. The van der Waals surface area contributed by atoms with Crippen molar-refractivity contribution in [1.29, 1.82) is 0 Å². The summed E-state index contributed by atoms with van der Waals surface area (Å²) in [4.78, 5) is 1.94. The lowest BCUT2D eigenvalue weighted by Gasteiger charge is -2.21. The molecule has 1 unspecified atom stereocenters. The maximum absolute atomic E-state index is 12.9. The molecular formula is C15H16ClFN2. The molecule has 100 valence electrons. The highest BCUT2D eigenvalue weighted by Gasteiger charge is 2.09. The summed E-state index contributed by atoms with van der Waals surface area (Å²) in [6.45, 7) is 1.89. The van der Waals surface area contributed by atoms with Gasteiger partial charge in [-0.1, -0.05) is 17.7 Å². The zero-order valence-corrected chi connectivity index (χ0v) is 11.7. The van der Waals surface area contributed by atoms with Crippen LogP contribution in [0.5, 0.6) is 0 Å². The van der Waals surface area contributed by atoms with Gasteiger partial charge >= 0.3 is 0 Å². The van der Waals surface area contributed by atoms with E-state index < -0.39 is 0 Å². The minimum atomic E-state index is -0.248. The number of halogens is 2. The Morgan fingerprint density at radius 1 is 1.11 bits per heavy atom. The molecule has 0 heterocycles. The van der Waals surface area contributed by atoms with E-state index in [9.17, 15) is 4.39 Å². The first kappa shape index (κ1) is 13.8. The third-order valence-electron chi connectivity index (χ3n) is 3.08. The van der Waals surface area contributed by atoms with Gasteiger partial charge in [0.25, 0.3) is 0 Å². The number of nitrogens with zero attached hydrogens (tertiary/aromatic N) is 1. The first-order valence-corrected chi connectivity index (χ1v) is 6.41. The van der Waals surface area contributed by atoms with E-state index in [1.54, 1.807) is 12.1 Å². The summed E-state index contributed by atoms with van der Waals surface area (Å²) in [6, 6.07) is 12.0. The van der Waals surface area contributed by atoms with Crippen molar-refractivity contribution in [3.05, 3.63) is 58.9 Å². The topological polar surface area (TPSA) is 29.3 Å². The molecule has 0 fully saturated rings. The first-order chi connectivity index (χ1) is 8.99. The normalized spacial score (nSPS) is 12.3. The SMILES string of the molecule is CC(N)c1ccc(N(C)c2ccc(F)cc2)cc1Cl. The molecular weight excluding hydrogens is 263 g/mol. The van der Waals surface area contributed by atoms with Crippen molar-refractivity contribution < 1.29 is 4.39 Å². The number of hydrogen-bond acceptors (Lipinski definition) is 2. The molecule has 0 saturated carbocycles. The summed E-state index contributed by atoms with van der Waals surface area (Å²) in [5.41, 5.74) is 8.57. The van der Waals surface area contributed by atoms with E-state index in [1.807, 2.05) is 37.1 Å². The van der Waals surface area contributed by atoms with Crippen molar-refractivity contribution in [1.82, 2.24) is 0 Å². The van der Waals surface area contributed by atoms with Crippen LogP contribution >= 0.6 is 11.6 Å². The van der Waals surface area contributed by atoms with E-state index in [0.29, 0.717) is 5.02 Å². The fourth-order valence-electron chi connectivity index (χ4n) is 1.91. The van der Waals surface area contributed by atoms with Crippen LogP contribution in [0.4, 0.5) is 15.8 Å². The van der Waals surface area contributed by atoms with Gasteiger partial charge in [0.05, 0.1) is 0 Å². The lowest BCUT2D eigenvalue weighted by molar-refractivity contribution is 0.628. The summed E-state index contributed by atoms with van der Waals surface area (Å²) in [5.74, 6) is -0.248. The van der Waals surface area contributed by atoms with Gasteiger partial charge in [-0.05, 0) is 48.9 Å². The van der Waals surface area contributed by atoms with E-state index in [-0.39, 0.29) is 11.9 Å². The second-order valence-electron chi connectivity index (χ2n) is 4.53. The van der Waals surface area contributed by atoms with Crippen molar-refractivity contribution in [3.8, 4) is 0 Å². The Bertz CT molecular complexity index is 567. The van der Waals surface area contributed by atoms with E-state index in [1.165, 1.54) is 12.1 Å². The fourth-order valence-corrected chi connectivity index (χ4v) is 2.25. The predicted molar refractivity (Wildman–Crippen MR) is 78.5 cm³/mol. The van der Waals surface area contributed by atoms with Gasteiger partial charge in [0.1, 0.15) is 5.82 Å². The maximum atomic E-state index is 12.9. The lowest BCUT2D eigenvalue weighted by atomic mass is 10.1. The van der Waals surface area contributed by atoms with Crippen molar-refractivity contribution in [2.75, 3.05) is 11.9 Å². The molecule has 0 aliphatic carbocycles. The highest BCUT2D eigenvalue weighted by atomic mass is 35.5. The van der Waals surface area contributed by atoms with Gasteiger partial charge in [-0.2, -0.15) is 0 Å². The van der Waals surface area contributed by atoms with Gasteiger partial charge in [0.15, 0.2) is 0 Å². The molecule has 4 heteroatoms. The van der Waals surface area contributed by atoms with Crippen molar-refractivity contribution in [2.45, 2.75) is 13.0 Å². The van der Waals surface area contributed by atoms with Crippen LogP contribution in [0.15, 0.2) is 42.5 Å². The molecule has 0 bridgehead atoms. The molecule has 0 aliphatic rings. The van der Waals surface area contributed by atoms with Crippen molar-refractivity contribution in [3.63, 3.8) is 0 Å². The van der Waals surface area contributed by atoms with E-state index in [2.05, 4.69) is 0 Å². The van der Waals surface area contributed by atoms with Gasteiger partial charge in [0.2, 0.25) is 0 Å². The van der Waals surface area contributed by atoms with Crippen LogP contribution in [0.2, 0.25) is 5.02 Å². The Balaban J connectivity index is 2.31. The monoisotopic (exact) mass is 278 g/mol. The standard InChI is InChI=1S/C15H16ClFN2/c1-10(18)14-8-7-13(9-15(14)16)19(2)12-5-3-11(17)4-6-12/h3-10H,18H2,1-2H3. The van der Waals surface area contributed by atoms with Crippen LogP contribution in [0, 0.1) is 5.82 Å². The van der Waals surface area contributed by atoms with E-state index in [4.69, 9.17) is 17.3 Å². The minimum absolute atomic E-state index is 0.0994. The van der Waals surface area contributed by atoms with Crippen LogP contribution in [0.1, 0.15) is 18.5 Å². The molecule has 2 nitrogen and oxygen atoms in total. The highest BCUT2D eigenvalue weighted by molar-refractivity contribution is 6.31. The Hall–Kier alpha value is -1.58. The molecule has 0 saturated heterocycles. The van der Waals surface area contributed by atoms with Crippen molar-refractivity contribution in [2.24, 2.45) is 5.73 Å². The van der Waals surface area contributed by atoms with Gasteiger partial charge in [-0.3, -0.25) is 0 Å². The first-order valence-electron chi connectivity index (χ1n) is 6.03. The Labute approximate surface area is 117 Å². The van der Waals surface area contributed by atoms with Gasteiger partial charge in [0, 0.05) is 29.5 Å². The molecule has 0 radical (unpaired) electrons. The zero-order valence-electron chi connectivity index (χ0n) is 10.9. The third kappa shape index (κ3) is 3.06. The molecule has 2 aromatic carbocycles. The predicted octanol–water partition coefficient (Wildman–Crippen LogP) is 4.27. The summed E-state index contributed by atoms with van der Waals surface area (Å²) >= 11 is 6.21. The molecule has 0 aromatic heterocycles. The molecule has 0 aliphatic heterocycles. The Morgan fingerprint density at radius 3 is 2.21 bits per heavy atom. The summed E-state index contributed by atoms with van der Waals surface area (Å²) in [6.07, 6.45) is 0. The van der Waals surface area contributed by atoms with Gasteiger partial charge in [-0.25, -0.2) is 4.39 Å². The zero-order chi connectivity index (χ0) is 14.0. The third-order valence-corrected chi connectivity index (χ3v) is 3.40. The second kappa shape index (κ2) is 5.59.